The van der Waals surface area contributed by atoms with E-state index in [2.05, 4.69) is 13.8 Å². The van der Waals surface area contributed by atoms with E-state index in [9.17, 15) is 4.79 Å². The third-order valence-electron chi connectivity index (χ3n) is 1.95. The minimum Gasteiger partial charge on any atom is -0.484 e. The number of ether oxygens (including phenoxy) is 1. The Morgan fingerprint density at radius 3 is 2.40 bits per heavy atom. The highest BCUT2D eigenvalue weighted by atomic mass is 16.5. The van der Waals surface area contributed by atoms with Gasteiger partial charge in [-0.05, 0) is 30.0 Å². The van der Waals surface area contributed by atoms with Gasteiger partial charge >= 0.3 is 0 Å². The molecule has 0 atom stereocenters. The molecular formula is C12H17NO2. The summed E-state index contributed by atoms with van der Waals surface area (Å²) in [5.41, 5.74) is 6.25. The predicted molar refractivity (Wildman–Crippen MR) is 59.7 cm³/mol. The highest BCUT2D eigenvalue weighted by Crippen LogP contribution is 2.14. The standard InChI is InChI=1S/C12H17NO2/c1-9(2)7-10-3-5-11(6-4-10)15-8-12(13)14/h3-6,9H,7-8H2,1-2H3,(H2,13,14). The second-order valence-electron chi connectivity index (χ2n) is 4.00. The molecule has 0 aliphatic carbocycles. The van der Waals surface area contributed by atoms with E-state index in [4.69, 9.17) is 10.5 Å². The van der Waals surface area contributed by atoms with E-state index >= 15 is 0 Å². The highest BCUT2D eigenvalue weighted by Gasteiger charge is 1.99. The molecule has 0 bridgehead atoms. The van der Waals surface area contributed by atoms with Gasteiger partial charge in [-0.15, -0.1) is 0 Å². The molecule has 3 heteroatoms. The van der Waals surface area contributed by atoms with Crippen LogP contribution in [0.4, 0.5) is 0 Å². The maximum atomic E-state index is 10.5. The summed E-state index contributed by atoms with van der Waals surface area (Å²) < 4.78 is 5.15. The van der Waals surface area contributed by atoms with Crippen LogP contribution in [0.15, 0.2) is 24.3 Å². The fourth-order valence-corrected chi connectivity index (χ4v) is 1.35. The van der Waals surface area contributed by atoms with Gasteiger partial charge in [-0.2, -0.15) is 0 Å². The van der Waals surface area contributed by atoms with Crippen molar-refractivity contribution in [2.45, 2.75) is 20.3 Å². The lowest BCUT2D eigenvalue weighted by atomic mass is 10.0. The molecule has 15 heavy (non-hydrogen) atoms. The molecule has 1 amide bonds. The number of hydrogen-bond acceptors (Lipinski definition) is 2. The van der Waals surface area contributed by atoms with Crippen molar-refractivity contribution in [3.8, 4) is 5.75 Å². The van der Waals surface area contributed by atoms with E-state index in [1.807, 2.05) is 24.3 Å². The van der Waals surface area contributed by atoms with E-state index in [1.165, 1.54) is 5.56 Å². The number of primary amides is 1. The average molecular weight is 207 g/mol. The Balaban J connectivity index is 2.52. The second kappa shape index (κ2) is 5.39. The lowest BCUT2D eigenvalue weighted by Gasteiger charge is -2.07. The molecule has 1 rings (SSSR count). The maximum absolute atomic E-state index is 10.5. The third kappa shape index (κ3) is 4.49. The molecule has 0 saturated carbocycles. The Hall–Kier alpha value is -1.51. The molecule has 0 aliphatic rings. The van der Waals surface area contributed by atoms with Crippen LogP contribution in [0.2, 0.25) is 0 Å². The monoisotopic (exact) mass is 207 g/mol. The highest BCUT2D eigenvalue weighted by molar-refractivity contribution is 5.75. The van der Waals surface area contributed by atoms with Crippen LogP contribution in [0.3, 0.4) is 0 Å². The van der Waals surface area contributed by atoms with E-state index in [0.29, 0.717) is 11.7 Å². The predicted octanol–water partition coefficient (Wildman–Crippen LogP) is 1.75. The zero-order valence-corrected chi connectivity index (χ0v) is 9.19. The fraction of sp³-hybridized carbons (Fsp3) is 0.417. The maximum Gasteiger partial charge on any atom is 0.255 e. The summed E-state index contributed by atoms with van der Waals surface area (Å²) in [6.07, 6.45) is 1.05. The van der Waals surface area contributed by atoms with Gasteiger partial charge in [0.25, 0.3) is 5.91 Å². The van der Waals surface area contributed by atoms with Crippen molar-refractivity contribution in [2.24, 2.45) is 11.7 Å². The van der Waals surface area contributed by atoms with Crippen molar-refractivity contribution in [3.05, 3.63) is 29.8 Å². The van der Waals surface area contributed by atoms with Crippen LogP contribution < -0.4 is 10.5 Å². The molecule has 82 valence electrons. The van der Waals surface area contributed by atoms with Gasteiger partial charge in [0.1, 0.15) is 5.75 Å². The Labute approximate surface area is 90.2 Å². The van der Waals surface area contributed by atoms with Crippen LogP contribution in [0.1, 0.15) is 19.4 Å². The fourth-order valence-electron chi connectivity index (χ4n) is 1.35. The summed E-state index contributed by atoms with van der Waals surface area (Å²) in [6, 6.07) is 7.74. The second-order valence-corrected chi connectivity index (χ2v) is 4.00. The smallest absolute Gasteiger partial charge is 0.255 e. The Kier molecular flexibility index (Phi) is 4.16. The van der Waals surface area contributed by atoms with Crippen molar-refractivity contribution < 1.29 is 9.53 Å². The van der Waals surface area contributed by atoms with Crippen molar-refractivity contribution in [1.29, 1.82) is 0 Å². The topological polar surface area (TPSA) is 52.3 Å². The summed E-state index contributed by atoms with van der Waals surface area (Å²) in [5, 5.41) is 0. The number of carbonyl (C=O) groups excluding carboxylic acids is 1. The summed E-state index contributed by atoms with van der Waals surface area (Å²) in [4.78, 5) is 10.5. The normalized spacial score (nSPS) is 10.3. The van der Waals surface area contributed by atoms with Crippen molar-refractivity contribution >= 4 is 5.91 Å². The molecule has 0 heterocycles. The van der Waals surface area contributed by atoms with Gasteiger partial charge in [-0.25, -0.2) is 0 Å². The lowest BCUT2D eigenvalue weighted by Crippen LogP contribution is -2.19. The summed E-state index contributed by atoms with van der Waals surface area (Å²) in [7, 11) is 0. The van der Waals surface area contributed by atoms with Crippen LogP contribution in [0.5, 0.6) is 5.75 Å². The first-order valence-corrected chi connectivity index (χ1v) is 5.08. The summed E-state index contributed by atoms with van der Waals surface area (Å²) in [6.45, 7) is 4.29. The number of nitrogens with two attached hydrogens (primary N) is 1. The molecule has 0 saturated heterocycles. The first-order chi connectivity index (χ1) is 7.08. The van der Waals surface area contributed by atoms with Gasteiger partial charge in [0.15, 0.2) is 6.61 Å². The number of benzene rings is 1. The molecule has 0 radical (unpaired) electrons. The molecule has 0 unspecified atom stereocenters. The zero-order chi connectivity index (χ0) is 11.3. The van der Waals surface area contributed by atoms with Gasteiger partial charge in [0.2, 0.25) is 0 Å². The van der Waals surface area contributed by atoms with Crippen molar-refractivity contribution in [2.75, 3.05) is 6.61 Å². The quantitative estimate of drug-likeness (QED) is 0.799. The van der Waals surface area contributed by atoms with Crippen LogP contribution in [0.25, 0.3) is 0 Å². The Bertz CT molecular complexity index is 317. The van der Waals surface area contributed by atoms with Gasteiger partial charge in [0.05, 0.1) is 0 Å². The Morgan fingerprint density at radius 1 is 1.33 bits per heavy atom. The van der Waals surface area contributed by atoms with E-state index in [0.717, 1.165) is 6.42 Å². The van der Waals surface area contributed by atoms with E-state index < -0.39 is 5.91 Å². The number of rotatable bonds is 5. The summed E-state index contributed by atoms with van der Waals surface area (Å²) in [5.74, 6) is 0.866. The molecular weight excluding hydrogens is 190 g/mol. The SMILES string of the molecule is CC(C)Cc1ccc(OCC(N)=O)cc1. The first-order valence-electron chi connectivity index (χ1n) is 5.08. The number of carbonyl (C=O) groups is 1. The summed E-state index contributed by atoms with van der Waals surface area (Å²) >= 11 is 0. The Morgan fingerprint density at radius 2 is 1.93 bits per heavy atom. The first kappa shape index (κ1) is 11.6. The molecule has 1 aromatic rings. The van der Waals surface area contributed by atoms with Crippen LogP contribution >= 0.6 is 0 Å². The molecule has 0 fully saturated rings. The van der Waals surface area contributed by atoms with Gasteiger partial charge in [-0.1, -0.05) is 26.0 Å². The lowest BCUT2D eigenvalue weighted by molar-refractivity contribution is -0.119. The number of hydrogen-bond donors (Lipinski definition) is 1. The van der Waals surface area contributed by atoms with Gasteiger partial charge in [-0.3, -0.25) is 4.79 Å². The number of amides is 1. The van der Waals surface area contributed by atoms with Crippen LogP contribution in [-0.4, -0.2) is 12.5 Å². The average Bonchev–Trinajstić information content (AvgIpc) is 2.16. The van der Waals surface area contributed by atoms with Crippen LogP contribution in [0, 0.1) is 5.92 Å². The van der Waals surface area contributed by atoms with Crippen molar-refractivity contribution in [1.82, 2.24) is 0 Å². The van der Waals surface area contributed by atoms with Crippen LogP contribution in [-0.2, 0) is 11.2 Å². The van der Waals surface area contributed by atoms with Gasteiger partial charge in [0, 0.05) is 0 Å². The third-order valence-corrected chi connectivity index (χ3v) is 1.95. The molecule has 0 spiro atoms. The molecule has 0 aliphatic heterocycles. The van der Waals surface area contributed by atoms with Gasteiger partial charge < -0.3 is 10.5 Å². The molecule has 2 N–H and O–H groups in total. The zero-order valence-electron chi connectivity index (χ0n) is 9.19. The minimum atomic E-state index is -0.457. The molecule has 3 nitrogen and oxygen atoms in total. The van der Waals surface area contributed by atoms with E-state index in [1.54, 1.807) is 0 Å². The van der Waals surface area contributed by atoms with Crippen molar-refractivity contribution in [3.63, 3.8) is 0 Å². The molecule has 0 aromatic heterocycles. The van der Waals surface area contributed by atoms with E-state index in [-0.39, 0.29) is 6.61 Å². The minimum absolute atomic E-state index is 0.0659. The molecule has 1 aromatic carbocycles. The largest absolute Gasteiger partial charge is 0.484 e.